The Balaban J connectivity index is 1.80. The summed E-state index contributed by atoms with van der Waals surface area (Å²) >= 11 is 0. The Bertz CT molecular complexity index is 745. The second-order valence-corrected chi connectivity index (χ2v) is 4.62. The topological polar surface area (TPSA) is 55.0 Å². The van der Waals surface area contributed by atoms with Gasteiger partial charge in [0.25, 0.3) is 0 Å². The van der Waals surface area contributed by atoms with Crippen LogP contribution in [0.3, 0.4) is 0 Å². The lowest BCUT2D eigenvalue weighted by Gasteiger charge is -2.03. The molecule has 0 unspecified atom stereocenters. The molecule has 0 aliphatic rings. The average Bonchev–Trinajstić information content (AvgIpc) is 2.95. The van der Waals surface area contributed by atoms with Gasteiger partial charge < -0.3 is 4.74 Å². The molecule has 0 saturated heterocycles. The van der Waals surface area contributed by atoms with Crippen LogP contribution >= 0.6 is 0 Å². The van der Waals surface area contributed by atoms with Crippen LogP contribution in [0.2, 0.25) is 0 Å². The lowest BCUT2D eigenvalue weighted by atomic mass is 10.0. The molecule has 0 spiro atoms. The van der Waals surface area contributed by atoms with Crippen molar-refractivity contribution >= 4 is 16.7 Å². The van der Waals surface area contributed by atoms with E-state index in [4.69, 9.17) is 4.74 Å². The number of nitrogens with one attached hydrogen (secondary N) is 1. The number of H-pyrrole nitrogens is 1. The van der Waals surface area contributed by atoms with Gasteiger partial charge in [-0.3, -0.25) is 9.89 Å². The van der Waals surface area contributed by atoms with E-state index in [1.165, 1.54) is 0 Å². The number of ether oxygens (including phenoxy) is 1. The van der Waals surface area contributed by atoms with E-state index in [1.807, 2.05) is 18.2 Å². The fraction of sp³-hybridized carbons (Fsp3) is 0.125. The summed E-state index contributed by atoms with van der Waals surface area (Å²) in [4.78, 5) is 12.2. The molecule has 1 heterocycles. The van der Waals surface area contributed by atoms with Crippen LogP contribution in [-0.2, 0) is 6.42 Å². The summed E-state index contributed by atoms with van der Waals surface area (Å²) < 4.78 is 5.08. The molecule has 1 N–H and O–H groups in total. The maximum absolute atomic E-state index is 12.2. The first-order valence-electron chi connectivity index (χ1n) is 6.35. The van der Waals surface area contributed by atoms with Crippen molar-refractivity contribution < 1.29 is 9.53 Å². The van der Waals surface area contributed by atoms with Crippen molar-refractivity contribution in [1.29, 1.82) is 0 Å². The third-order valence-corrected chi connectivity index (χ3v) is 3.28. The fourth-order valence-electron chi connectivity index (χ4n) is 2.17. The lowest BCUT2D eigenvalue weighted by Crippen LogP contribution is -2.03. The van der Waals surface area contributed by atoms with Crippen LogP contribution in [-0.4, -0.2) is 23.1 Å². The number of aromatic nitrogens is 2. The number of benzene rings is 2. The lowest BCUT2D eigenvalue weighted by molar-refractivity contribution is 0.0993. The molecule has 0 bridgehead atoms. The first kappa shape index (κ1) is 12.4. The molecule has 0 aliphatic heterocycles. The van der Waals surface area contributed by atoms with Crippen molar-refractivity contribution in [1.82, 2.24) is 10.2 Å². The Hall–Kier alpha value is -2.62. The molecule has 100 valence electrons. The normalized spacial score (nSPS) is 10.7. The number of nitrogens with zero attached hydrogens (tertiary/aromatic N) is 1. The van der Waals surface area contributed by atoms with Crippen LogP contribution in [0.25, 0.3) is 10.9 Å². The van der Waals surface area contributed by atoms with Crippen LogP contribution in [0.15, 0.2) is 48.7 Å². The van der Waals surface area contributed by atoms with Crippen molar-refractivity contribution in [3.8, 4) is 5.75 Å². The zero-order chi connectivity index (χ0) is 13.9. The molecule has 3 aromatic rings. The minimum absolute atomic E-state index is 0.0931. The summed E-state index contributed by atoms with van der Waals surface area (Å²) in [6.45, 7) is 0. The number of ketones is 1. The zero-order valence-corrected chi connectivity index (χ0v) is 11.1. The van der Waals surface area contributed by atoms with Crippen molar-refractivity contribution in [3.63, 3.8) is 0 Å². The van der Waals surface area contributed by atoms with Gasteiger partial charge in [-0.15, -0.1) is 0 Å². The molecule has 20 heavy (non-hydrogen) atoms. The van der Waals surface area contributed by atoms with E-state index >= 15 is 0 Å². The quantitative estimate of drug-likeness (QED) is 0.738. The predicted molar refractivity (Wildman–Crippen MR) is 77.1 cm³/mol. The molecule has 0 atom stereocenters. The van der Waals surface area contributed by atoms with Gasteiger partial charge in [0.1, 0.15) is 5.75 Å². The maximum Gasteiger partial charge on any atom is 0.167 e. The van der Waals surface area contributed by atoms with E-state index in [2.05, 4.69) is 10.2 Å². The van der Waals surface area contributed by atoms with E-state index < -0.39 is 0 Å². The summed E-state index contributed by atoms with van der Waals surface area (Å²) in [5.74, 6) is 0.844. The van der Waals surface area contributed by atoms with Gasteiger partial charge in [-0.25, -0.2) is 0 Å². The van der Waals surface area contributed by atoms with Crippen molar-refractivity contribution in [2.75, 3.05) is 7.11 Å². The van der Waals surface area contributed by atoms with Gasteiger partial charge in [0, 0.05) is 17.4 Å². The van der Waals surface area contributed by atoms with E-state index in [-0.39, 0.29) is 5.78 Å². The third kappa shape index (κ3) is 2.40. The van der Waals surface area contributed by atoms with Crippen LogP contribution in [0.4, 0.5) is 0 Å². The smallest absolute Gasteiger partial charge is 0.167 e. The summed E-state index contributed by atoms with van der Waals surface area (Å²) in [5.41, 5.74) is 2.66. The highest BCUT2D eigenvalue weighted by Gasteiger charge is 2.08. The van der Waals surface area contributed by atoms with Crippen LogP contribution in [0.5, 0.6) is 5.75 Å². The van der Waals surface area contributed by atoms with Crippen molar-refractivity contribution in [2.24, 2.45) is 0 Å². The highest BCUT2D eigenvalue weighted by Crippen LogP contribution is 2.16. The van der Waals surface area contributed by atoms with Crippen LogP contribution in [0, 0.1) is 0 Å². The third-order valence-electron chi connectivity index (χ3n) is 3.28. The average molecular weight is 266 g/mol. The highest BCUT2D eigenvalue weighted by atomic mass is 16.5. The molecule has 1 aromatic heterocycles. The van der Waals surface area contributed by atoms with Gasteiger partial charge in [-0.05, 0) is 42.0 Å². The van der Waals surface area contributed by atoms with E-state index in [0.29, 0.717) is 12.0 Å². The number of hydrogen-bond donors (Lipinski definition) is 1. The fourth-order valence-corrected chi connectivity index (χ4v) is 2.17. The molecule has 0 amide bonds. The standard InChI is InChI=1S/C16H14N2O2/c1-20-14-5-3-12(4-6-14)16(19)9-11-2-7-15-13(8-11)10-17-18-15/h2-8,10H,9H2,1H3,(H,17,18). The largest absolute Gasteiger partial charge is 0.497 e. The summed E-state index contributed by atoms with van der Waals surface area (Å²) in [6.07, 6.45) is 2.14. The second-order valence-electron chi connectivity index (χ2n) is 4.62. The molecule has 2 aromatic carbocycles. The van der Waals surface area contributed by atoms with Crippen LogP contribution < -0.4 is 4.74 Å². The summed E-state index contributed by atoms with van der Waals surface area (Å²) in [6, 6.07) is 13.1. The molecule has 3 rings (SSSR count). The van der Waals surface area contributed by atoms with Crippen molar-refractivity contribution in [2.45, 2.75) is 6.42 Å². The zero-order valence-electron chi connectivity index (χ0n) is 11.1. The first-order valence-corrected chi connectivity index (χ1v) is 6.35. The number of carbonyl (C=O) groups is 1. The molecule has 0 radical (unpaired) electrons. The molecule has 4 nitrogen and oxygen atoms in total. The molecular formula is C16H14N2O2. The first-order chi connectivity index (χ1) is 9.76. The van der Waals surface area contributed by atoms with Gasteiger partial charge in [0.05, 0.1) is 18.8 Å². The number of carbonyl (C=O) groups excluding carboxylic acids is 1. The molecule has 0 saturated carbocycles. The Labute approximate surface area is 116 Å². The Kier molecular flexibility index (Phi) is 3.21. The monoisotopic (exact) mass is 266 g/mol. The maximum atomic E-state index is 12.2. The van der Waals surface area contributed by atoms with E-state index in [1.54, 1.807) is 37.6 Å². The van der Waals surface area contributed by atoms with Gasteiger partial charge in [0.15, 0.2) is 5.78 Å². The van der Waals surface area contributed by atoms with Crippen LogP contribution in [0.1, 0.15) is 15.9 Å². The van der Waals surface area contributed by atoms with E-state index in [9.17, 15) is 4.79 Å². The summed E-state index contributed by atoms with van der Waals surface area (Å²) in [5, 5.41) is 7.89. The number of fused-ring (bicyclic) bond motifs is 1. The molecular weight excluding hydrogens is 252 g/mol. The second kappa shape index (κ2) is 5.17. The minimum Gasteiger partial charge on any atom is -0.497 e. The molecule has 0 aliphatic carbocycles. The van der Waals surface area contributed by atoms with Gasteiger partial charge >= 0.3 is 0 Å². The minimum atomic E-state index is 0.0931. The Morgan fingerprint density at radius 3 is 2.75 bits per heavy atom. The molecule has 0 fully saturated rings. The van der Waals surface area contributed by atoms with Crippen molar-refractivity contribution in [3.05, 3.63) is 59.8 Å². The SMILES string of the molecule is COc1ccc(C(=O)Cc2ccc3[nH]ncc3c2)cc1. The van der Waals surface area contributed by atoms with Gasteiger partial charge in [0.2, 0.25) is 0 Å². The van der Waals surface area contributed by atoms with Gasteiger partial charge in [-0.1, -0.05) is 6.07 Å². The number of methoxy groups -OCH3 is 1. The number of rotatable bonds is 4. The Morgan fingerprint density at radius 1 is 1.20 bits per heavy atom. The number of Topliss-reactive ketones (excluding diaryl/α,β-unsaturated/α-hetero) is 1. The number of hydrogen-bond acceptors (Lipinski definition) is 3. The van der Waals surface area contributed by atoms with E-state index in [0.717, 1.165) is 22.2 Å². The summed E-state index contributed by atoms with van der Waals surface area (Å²) in [7, 11) is 1.61. The highest BCUT2D eigenvalue weighted by molar-refractivity contribution is 5.98. The number of aromatic amines is 1. The molecule has 4 heteroatoms. The Morgan fingerprint density at radius 2 is 2.00 bits per heavy atom. The van der Waals surface area contributed by atoms with Gasteiger partial charge in [-0.2, -0.15) is 5.10 Å². The predicted octanol–water partition coefficient (Wildman–Crippen LogP) is 3.00.